The molecule has 0 aliphatic carbocycles. The van der Waals surface area contributed by atoms with E-state index in [-0.39, 0.29) is 23.0 Å². The minimum absolute atomic E-state index is 0.0705. The van der Waals surface area contributed by atoms with Gasteiger partial charge in [-0.2, -0.15) is 0 Å². The summed E-state index contributed by atoms with van der Waals surface area (Å²) in [6.45, 7) is 2.33. The molecular weight excluding hydrogens is 258 g/mol. The van der Waals surface area contributed by atoms with Crippen LogP contribution in [0.1, 0.15) is 25.3 Å². The van der Waals surface area contributed by atoms with Crippen LogP contribution in [-0.4, -0.2) is 24.7 Å². The highest BCUT2D eigenvalue weighted by molar-refractivity contribution is 5.57. The lowest BCUT2D eigenvalue weighted by molar-refractivity contribution is -0.385. The van der Waals surface area contributed by atoms with Crippen LogP contribution in [0, 0.1) is 10.1 Å². The quantitative estimate of drug-likeness (QED) is 0.611. The molecule has 106 valence electrons. The number of nitro benzene ring substituents is 1. The number of halogens is 2. The number of methoxy groups -OCH3 is 1. The molecule has 7 heteroatoms. The molecule has 0 aromatic heterocycles. The van der Waals surface area contributed by atoms with E-state index in [2.05, 4.69) is 5.32 Å². The molecule has 1 rings (SSSR count). The van der Waals surface area contributed by atoms with Gasteiger partial charge in [-0.05, 0) is 19.4 Å². The number of nitro groups is 1. The first kappa shape index (κ1) is 15.3. The first-order valence-electron chi connectivity index (χ1n) is 5.77. The minimum Gasteiger partial charge on any atom is -0.385 e. The molecular formula is C12H16F2N2O3. The summed E-state index contributed by atoms with van der Waals surface area (Å²) in [5.41, 5.74) is -0.493. The van der Waals surface area contributed by atoms with Crippen molar-refractivity contribution in [2.45, 2.75) is 25.8 Å². The van der Waals surface area contributed by atoms with Crippen molar-refractivity contribution in [3.8, 4) is 0 Å². The molecule has 0 amide bonds. The topological polar surface area (TPSA) is 64.4 Å². The summed E-state index contributed by atoms with van der Waals surface area (Å²) in [5, 5.41) is 13.5. The summed E-state index contributed by atoms with van der Waals surface area (Å²) in [7, 11) is 1.56. The molecule has 0 bridgehead atoms. The Morgan fingerprint density at radius 1 is 1.47 bits per heavy atom. The third kappa shape index (κ3) is 4.44. The van der Waals surface area contributed by atoms with Crippen molar-refractivity contribution in [2.24, 2.45) is 0 Å². The number of nitrogens with one attached hydrogen (secondary N) is 1. The Kier molecular flexibility index (Phi) is 5.62. The van der Waals surface area contributed by atoms with E-state index < -0.39 is 11.3 Å². The van der Waals surface area contributed by atoms with E-state index in [1.807, 2.05) is 6.92 Å². The van der Waals surface area contributed by atoms with Gasteiger partial charge in [0.15, 0.2) is 0 Å². The Labute approximate surface area is 109 Å². The second kappa shape index (κ2) is 6.98. The molecule has 19 heavy (non-hydrogen) atoms. The van der Waals surface area contributed by atoms with Crippen molar-refractivity contribution in [1.29, 1.82) is 0 Å². The molecule has 1 unspecified atom stereocenters. The Morgan fingerprint density at radius 3 is 2.68 bits per heavy atom. The van der Waals surface area contributed by atoms with Gasteiger partial charge in [0.1, 0.15) is 0 Å². The van der Waals surface area contributed by atoms with Gasteiger partial charge in [0.2, 0.25) is 0 Å². The number of hydrogen-bond acceptors (Lipinski definition) is 4. The SMILES string of the molecule is COCCC(C)Nc1ccc([N+](=O)[O-])cc1C(F)F. The van der Waals surface area contributed by atoms with Gasteiger partial charge in [-0.25, -0.2) is 8.78 Å². The van der Waals surface area contributed by atoms with Crippen molar-refractivity contribution in [3.05, 3.63) is 33.9 Å². The van der Waals surface area contributed by atoms with Crippen LogP contribution in [-0.2, 0) is 4.74 Å². The smallest absolute Gasteiger partial charge is 0.270 e. The van der Waals surface area contributed by atoms with E-state index in [1.165, 1.54) is 12.1 Å². The van der Waals surface area contributed by atoms with Gasteiger partial charge in [-0.3, -0.25) is 10.1 Å². The summed E-state index contributed by atoms with van der Waals surface area (Å²) >= 11 is 0. The first-order chi connectivity index (χ1) is 8.95. The van der Waals surface area contributed by atoms with E-state index in [1.54, 1.807) is 7.11 Å². The maximum absolute atomic E-state index is 12.9. The van der Waals surface area contributed by atoms with Crippen LogP contribution in [0.2, 0.25) is 0 Å². The van der Waals surface area contributed by atoms with E-state index in [4.69, 9.17) is 4.74 Å². The Bertz CT molecular complexity index is 441. The number of nitrogens with zero attached hydrogens (tertiary/aromatic N) is 1. The third-order valence-electron chi connectivity index (χ3n) is 2.64. The Hall–Kier alpha value is -1.76. The molecule has 0 aliphatic rings. The van der Waals surface area contributed by atoms with Crippen molar-refractivity contribution < 1.29 is 18.4 Å². The normalized spacial score (nSPS) is 12.5. The fraction of sp³-hybridized carbons (Fsp3) is 0.500. The number of hydrogen-bond donors (Lipinski definition) is 1. The lowest BCUT2D eigenvalue weighted by Gasteiger charge is -2.17. The molecule has 1 N–H and O–H groups in total. The van der Waals surface area contributed by atoms with E-state index in [9.17, 15) is 18.9 Å². The molecule has 0 aliphatic heterocycles. The number of rotatable bonds is 7. The van der Waals surface area contributed by atoms with Crippen molar-refractivity contribution in [3.63, 3.8) is 0 Å². The molecule has 1 atom stereocenters. The second-order valence-corrected chi connectivity index (χ2v) is 4.16. The van der Waals surface area contributed by atoms with Gasteiger partial charge in [0, 0.05) is 43.1 Å². The monoisotopic (exact) mass is 274 g/mol. The Morgan fingerprint density at radius 2 is 2.16 bits per heavy atom. The number of alkyl halides is 2. The molecule has 1 aromatic rings. The van der Waals surface area contributed by atoms with Crippen LogP contribution in [0.25, 0.3) is 0 Å². The highest BCUT2D eigenvalue weighted by Gasteiger charge is 2.18. The summed E-state index contributed by atoms with van der Waals surface area (Å²) in [6.07, 6.45) is -2.12. The van der Waals surface area contributed by atoms with E-state index in [0.717, 1.165) is 6.07 Å². The van der Waals surface area contributed by atoms with Crippen LogP contribution in [0.4, 0.5) is 20.2 Å². The first-order valence-corrected chi connectivity index (χ1v) is 5.77. The number of anilines is 1. The van der Waals surface area contributed by atoms with Crippen molar-refractivity contribution in [2.75, 3.05) is 19.0 Å². The zero-order valence-corrected chi connectivity index (χ0v) is 10.7. The Balaban J connectivity index is 2.90. The zero-order valence-electron chi connectivity index (χ0n) is 10.7. The predicted molar refractivity (Wildman–Crippen MR) is 67.6 cm³/mol. The van der Waals surface area contributed by atoms with Gasteiger partial charge in [-0.15, -0.1) is 0 Å². The standard InChI is InChI=1S/C12H16F2N2O3/c1-8(5-6-19-2)15-11-4-3-9(16(17)18)7-10(11)12(13)14/h3-4,7-8,12,15H,5-6H2,1-2H3. The summed E-state index contributed by atoms with van der Waals surface area (Å²) in [6, 6.07) is 3.34. The zero-order chi connectivity index (χ0) is 14.4. The van der Waals surface area contributed by atoms with Gasteiger partial charge < -0.3 is 10.1 Å². The van der Waals surface area contributed by atoms with E-state index >= 15 is 0 Å². The van der Waals surface area contributed by atoms with Crippen LogP contribution in [0.3, 0.4) is 0 Å². The largest absolute Gasteiger partial charge is 0.385 e. The highest BCUT2D eigenvalue weighted by Crippen LogP contribution is 2.31. The molecule has 0 heterocycles. The average molecular weight is 274 g/mol. The molecule has 5 nitrogen and oxygen atoms in total. The lowest BCUT2D eigenvalue weighted by Crippen LogP contribution is -2.18. The number of benzene rings is 1. The van der Waals surface area contributed by atoms with Crippen LogP contribution < -0.4 is 5.32 Å². The number of non-ortho nitro benzene ring substituents is 1. The maximum atomic E-state index is 12.9. The molecule has 0 spiro atoms. The lowest BCUT2D eigenvalue weighted by atomic mass is 10.1. The van der Waals surface area contributed by atoms with Crippen molar-refractivity contribution >= 4 is 11.4 Å². The minimum atomic E-state index is -2.77. The fourth-order valence-electron chi connectivity index (χ4n) is 1.61. The average Bonchev–Trinajstić information content (AvgIpc) is 2.36. The fourth-order valence-corrected chi connectivity index (χ4v) is 1.61. The molecule has 0 radical (unpaired) electrons. The highest BCUT2D eigenvalue weighted by atomic mass is 19.3. The molecule has 0 saturated carbocycles. The summed E-state index contributed by atoms with van der Waals surface area (Å²) in [4.78, 5) is 9.88. The molecule has 0 saturated heterocycles. The molecule has 0 fully saturated rings. The van der Waals surface area contributed by atoms with Crippen molar-refractivity contribution in [1.82, 2.24) is 0 Å². The van der Waals surface area contributed by atoms with Gasteiger partial charge in [0.25, 0.3) is 12.1 Å². The van der Waals surface area contributed by atoms with Gasteiger partial charge >= 0.3 is 0 Å². The third-order valence-corrected chi connectivity index (χ3v) is 2.64. The predicted octanol–water partition coefficient (Wildman–Crippen LogP) is 3.37. The van der Waals surface area contributed by atoms with Gasteiger partial charge in [-0.1, -0.05) is 0 Å². The van der Waals surface area contributed by atoms with Crippen LogP contribution in [0.5, 0.6) is 0 Å². The molecule has 1 aromatic carbocycles. The maximum Gasteiger partial charge on any atom is 0.270 e. The van der Waals surface area contributed by atoms with Crippen LogP contribution >= 0.6 is 0 Å². The van der Waals surface area contributed by atoms with Gasteiger partial charge in [0.05, 0.1) is 4.92 Å². The summed E-state index contributed by atoms with van der Waals surface area (Å²) in [5.74, 6) is 0. The summed E-state index contributed by atoms with van der Waals surface area (Å²) < 4.78 is 30.7. The second-order valence-electron chi connectivity index (χ2n) is 4.16. The number of ether oxygens (including phenoxy) is 1. The van der Waals surface area contributed by atoms with Crippen LogP contribution in [0.15, 0.2) is 18.2 Å². The van der Waals surface area contributed by atoms with E-state index in [0.29, 0.717) is 13.0 Å².